The third-order valence-electron chi connectivity index (χ3n) is 8.12. The van der Waals surface area contributed by atoms with Crippen LogP contribution in [-0.2, 0) is 16.6 Å². The summed E-state index contributed by atoms with van der Waals surface area (Å²) in [6.07, 6.45) is 0.493. The van der Waals surface area contributed by atoms with Gasteiger partial charge in [0.15, 0.2) is 18.3 Å². The van der Waals surface area contributed by atoms with Crippen LogP contribution in [0.2, 0.25) is 0 Å². The summed E-state index contributed by atoms with van der Waals surface area (Å²) in [4.78, 5) is 30.2. The first-order valence-electron chi connectivity index (χ1n) is 13.2. The number of amides is 1. The average Bonchev–Trinajstić information content (AvgIpc) is 3.60. The van der Waals surface area contributed by atoms with E-state index < -0.39 is 23.7 Å². The van der Waals surface area contributed by atoms with Gasteiger partial charge in [0.1, 0.15) is 22.9 Å². The zero-order valence-electron chi connectivity index (χ0n) is 21.6. The molecule has 4 atom stereocenters. The topological polar surface area (TPSA) is 119 Å². The van der Waals surface area contributed by atoms with Crippen molar-refractivity contribution in [3.05, 3.63) is 101 Å². The SMILES string of the molecule is CC(C)[C@@H]1NC(=O)[C@@H](N)Cc2ccc3c(c2)C2(c4cccc(-c5ccccc5)c4NC2O3)c2oc1nc2C=O. The molecule has 3 aromatic carbocycles. The molecule has 8 heteroatoms. The highest BCUT2D eigenvalue weighted by Crippen LogP contribution is 2.59. The summed E-state index contributed by atoms with van der Waals surface area (Å²) in [6.45, 7) is 3.93. The fourth-order valence-corrected chi connectivity index (χ4v) is 6.25. The first-order chi connectivity index (χ1) is 18.9. The number of benzene rings is 3. The number of hydrogen-bond donors (Lipinski definition) is 3. The summed E-state index contributed by atoms with van der Waals surface area (Å²) < 4.78 is 13.1. The highest BCUT2D eigenvalue weighted by Gasteiger charge is 2.61. The van der Waals surface area contributed by atoms with E-state index >= 15 is 0 Å². The van der Waals surface area contributed by atoms with E-state index in [0.717, 1.165) is 39.8 Å². The molecule has 3 aliphatic rings. The van der Waals surface area contributed by atoms with Gasteiger partial charge in [-0.05, 0) is 29.5 Å². The smallest absolute Gasteiger partial charge is 0.237 e. The van der Waals surface area contributed by atoms with Gasteiger partial charge in [-0.3, -0.25) is 9.59 Å². The fraction of sp³-hybridized carbons (Fsp3) is 0.258. The number of oxazole rings is 1. The molecule has 3 aliphatic heterocycles. The number of para-hydroxylation sites is 1. The number of carbonyl (C=O) groups excluding carboxylic acids is 2. The summed E-state index contributed by atoms with van der Waals surface area (Å²) in [5.74, 6) is 0.988. The number of aromatic nitrogens is 1. The average molecular weight is 521 g/mol. The first-order valence-corrected chi connectivity index (χ1v) is 13.2. The van der Waals surface area contributed by atoms with Crippen molar-refractivity contribution in [3.8, 4) is 16.9 Å². The Labute approximate surface area is 225 Å². The summed E-state index contributed by atoms with van der Waals surface area (Å²) in [5.41, 5.74) is 11.2. The Morgan fingerprint density at radius 3 is 2.64 bits per heavy atom. The second kappa shape index (κ2) is 8.54. The van der Waals surface area contributed by atoms with Gasteiger partial charge in [0.2, 0.25) is 11.8 Å². The monoisotopic (exact) mass is 520 g/mol. The van der Waals surface area contributed by atoms with Gasteiger partial charge in [-0.15, -0.1) is 0 Å². The second-order valence-corrected chi connectivity index (χ2v) is 10.8. The van der Waals surface area contributed by atoms with E-state index in [0.29, 0.717) is 17.9 Å². The molecule has 1 amide bonds. The van der Waals surface area contributed by atoms with Crippen molar-refractivity contribution in [3.63, 3.8) is 0 Å². The maximum Gasteiger partial charge on any atom is 0.237 e. The molecule has 4 aromatic rings. The van der Waals surface area contributed by atoms with Crippen molar-refractivity contribution < 1.29 is 18.7 Å². The molecular formula is C31H28N4O4. The number of nitrogens with two attached hydrogens (primary N) is 1. The molecule has 4 bridgehead atoms. The summed E-state index contributed by atoms with van der Waals surface area (Å²) in [7, 11) is 0. The number of nitrogens with one attached hydrogen (secondary N) is 2. The Balaban J connectivity index is 1.55. The third-order valence-corrected chi connectivity index (χ3v) is 8.12. The van der Waals surface area contributed by atoms with Crippen LogP contribution in [0.1, 0.15) is 58.7 Å². The van der Waals surface area contributed by atoms with Crippen LogP contribution in [0.5, 0.6) is 5.75 Å². The molecule has 1 aromatic heterocycles. The molecule has 1 spiro atoms. The summed E-state index contributed by atoms with van der Waals surface area (Å²) >= 11 is 0. The minimum absolute atomic E-state index is 0.0599. The molecule has 0 saturated heterocycles. The van der Waals surface area contributed by atoms with Crippen molar-refractivity contribution in [2.75, 3.05) is 5.32 Å². The van der Waals surface area contributed by atoms with Crippen LogP contribution in [0.25, 0.3) is 11.1 Å². The summed E-state index contributed by atoms with van der Waals surface area (Å²) in [5, 5.41) is 6.63. The molecule has 7 rings (SSSR count). The van der Waals surface area contributed by atoms with E-state index in [1.165, 1.54) is 0 Å². The number of hydrogen-bond acceptors (Lipinski definition) is 7. The van der Waals surface area contributed by atoms with Gasteiger partial charge < -0.3 is 25.5 Å². The lowest BCUT2D eigenvalue weighted by Crippen LogP contribution is -2.45. The maximum atomic E-state index is 13.1. The van der Waals surface area contributed by atoms with E-state index in [1.54, 1.807) is 0 Å². The van der Waals surface area contributed by atoms with E-state index in [9.17, 15) is 9.59 Å². The predicted octanol–water partition coefficient (Wildman–Crippen LogP) is 4.33. The minimum atomic E-state index is -0.984. The zero-order valence-corrected chi connectivity index (χ0v) is 21.6. The van der Waals surface area contributed by atoms with Gasteiger partial charge in [-0.25, -0.2) is 4.98 Å². The Morgan fingerprint density at radius 1 is 1.05 bits per heavy atom. The van der Waals surface area contributed by atoms with E-state index in [4.69, 9.17) is 14.9 Å². The van der Waals surface area contributed by atoms with Crippen LogP contribution in [0.3, 0.4) is 0 Å². The molecule has 8 nitrogen and oxygen atoms in total. The fourth-order valence-electron chi connectivity index (χ4n) is 6.25. The van der Waals surface area contributed by atoms with Gasteiger partial charge >= 0.3 is 0 Å². The van der Waals surface area contributed by atoms with Gasteiger partial charge in [0, 0.05) is 22.4 Å². The van der Waals surface area contributed by atoms with E-state index in [1.807, 2.05) is 56.3 Å². The number of ether oxygens (including phenoxy) is 1. The zero-order chi connectivity index (χ0) is 26.9. The maximum absolute atomic E-state index is 13.1. The Morgan fingerprint density at radius 2 is 1.87 bits per heavy atom. The van der Waals surface area contributed by atoms with Crippen LogP contribution in [0, 0.1) is 5.92 Å². The van der Waals surface area contributed by atoms with Gasteiger partial charge in [-0.1, -0.05) is 74.5 Å². The molecule has 0 radical (unpaired) electrons. The Hall–Kier alpha value is -4.43. The van der Waals surface area contributed by atoms with Gasteiger partial charge in [-0.2, -0.15) is 0 Å². The van der Waals surface area contributed by atoms with Crippen LogP contribution >= 0.6 is 0 Å². The lowest BCUT2D eigenvalue weighted by Gasteiger charge is -2.28. The molecule has 0 aliphatic carbocycles. The van der Waals surface area contributed by atoms with Gasteiger partial charge in [0.05, 0.1) is 6.04 Å². The van der Waals surface area contributed by atoms with Crippen LogP contribution in [0.4, 0.5) is 5.69 Å². The standard InChI is InChI=1S/C31H28N4O4/c1-16(2)25-29-33-23(15-36)27(39-29)31-20-10-6-9-19(18-7-4-3-5-8-18)26(20)35-30(31)38-24-12-11-17(13-21(24)31)14-22(32)28(37)34-25/h3-13,15-16,22,25,30,35H,14,32H2,1-2H3,(H,34,37)/t22-,25-,30?,31?/m0/s1. The third kappa shape index (κ3) is 3.31. The first kappa shape index (κ1) is 23.7. The molecule has 196 valence electrons. The van der Waals surface area contributed by atoms with Crippen LogP contribution in [-0.4, -0.2) is 29.4 Å². The van der Waals surface area contributed by atoms with Crippen LogP contribution < -0.4 is 21.1 Å². The molecule has 4 heterocycles. The molecule has 39 heavy (non-hydrogen) atoms. The van der Waals surface area contributed by atoms with Crippen molar-refractivity contribution in [2.45, 2.75) is 44.0 Å². The quantitative estimate of drug-likeness (QED) is 0.344. The highest BCUT2D eigenvalue weighted by atomic mass is 16.5. The summed E-state index contributed by atoms with van der Waals surface area (Å²) in [6, 6.07) is 20.8. The number of carbonyl (C=O) groups is 2. The number of nitrogens with zero attached hydrogens (tertiary/aromatic N) is 1. The highest BCUT2D eigenvalue weighted by molar-refractivity contribution is 5.88. The Kier molecular flexibility index (Phi) is 5.18. The van der Waals surface area contributed by atoms with Crippen LogP contribution in [0.15, 0.2) is 71.1 Å². The van der Waals surface area contributed by atoms with Crippen molar-refractivity contribution in [2.24, 2.45) is 11.7 Å². The van der Waals surface area contributed by atoms with Gasteiger partial charge in [0.25, 0.3) is 0 Å². The molecule has 2 unspecified atom stereocenters. The number of rotatable bonds is 3. The lowest BCUT2D eigenvalue weighted by atomic mass is 9.72. The van der Waals surface area contributed by atoms with E-state index in [-0.39, 0.29) is 23.4 Å². The van der Waals surface area contributed by atoms with Crippen molar-refractivity contribution in [1.29, 1.82) is 0 Å². The molecule has 0 fully saturated rings. The number of aldehydes is 1. The number of anilines is 1. The molecular weight excluding hydrogens is 492 g/mol. The van der Waals surface area contributed by atoms with E-state index in [2.05, 4.69) is 39.9 Å². The normalized spacial score (nSPS) is 24.5. The number of fused-ring (bicyclic) bond motifs is 4. The van der Waals surface area contributed by atoms with Crippen molar-refractivity contribution in [1.82, 2.24) is 10.3 Å². The lowest BCUT2D eigenvalue weighted by molar-refractivity contribution is -0.123. The molecule has 0 saturated carbocycles. The predicted molar refractivity (Wildman–Crippen MR) is 146 cm³/mol. The largest absolute Gasteiger partial charge is 0.469 e. The molecule has 4 N–H and O–H groups in total. The van der Waals surface area contributed by atoms with Crippen molar-refractivity contribution >= 4 is 17.9 Å². The Bertz CT molecular complexity index is 1630. The minimum Gasteiger partial charge on any atom is -0.469 e. The second-order valence-electron chi connectivity index (χ2n) is 10.8.